The van der Waals surface area contributed by atoms with Crippen molar-refractivity contribution in [3.63, 3.8) is 0 Å². The van der Waals surface area contributed by atoms with E-state index in [2.05, 4.69) is 23.1 Å². The van der Waals surface area contributed by atoms with Crippen molar-refractivity contribution >= 4 is 12.0 Å². The lowest BCUT2D eigenvalue weighted by Crippen LogP contribution is -2.26. The van der Waals surface area contributed by atoms with Crippen molar-refractivity contribution in [3.8, 4) is 0 Å². The third-order valence-corrected chi connectivity index (χ3v) is 3.53. The second-order valence-electron chi connectivity index (χ2n) is 5.06. The first-order valence-corrected chi connectivity index (χ1v) is 7.08. The summed E-state index contributed by atoms with van der Waals surface area (Å²) in [7, 11) is 1.71. The Morgan fingerprint density at radius 3 is 2.52 bits per heavy atom. The number of methoxy groups -OCH3 is 1. The zero-order valence-corrected chi connectivity index (χ0v) is 12.6. The van der Waals surface area contributed by atoms with Gasteiger partial charge in [0.05, 0.1) is 6.61 Å². The maximum absolute atomic E-state index is 10.9. The molecule has 0 saturated heterocycles. The summed E-state index contributed by atoms with van der Waals surface area (Å²) in [5.41, 5.74) is 4.10. The van der Waals surface area contributed by atoms with Crippen LogP contribution in [0, 0.1) is 6.92 Å². The van der Waals surface area contributed by atoms with Gasteiger partial charge in [-0.15, -0.1) is 0 Å². The van der Waals surface area contributed by atoms with E-state index in [-0.39, 0.29) is 0 Å². The van der Waals surface area contributed by atoms with Gasteiger partial charge in [-0.25, -0.2) is 0 Å². The molecule has 3 heteroatoms. The number of ether oxygens (including phenoxy) is 1. The number of carbonyl (C=O) groups is 1. The molecule has 0 bridgehead atoms. The van der Waals surface area contributed by atoms with Crippen LogP contribution in [0.2, 0.25) is 0 Å². The van der Waals surface area contributed by atoms with Gasteiger partial charge in [-0.05, 0) is 36.2 Å². The summed E-state index contributed by atoms with van der Waals surface area (Å²) in [6.07, 6.45) is 0.899. The van der Waals surface area contributed by atoms with Gasteiger partial charge >= 0.3 is 0 Å². The van der Waals surface area contributed by atoms with Crippen LogP contribution in [-0.2, 0) is 11.3 Å². The van der Waals surface area contributed by atoms with Crippen LogP contribution in [0.3, 0.4) is 0 Å². The van der Waals surface area contributed by atoms with E-state index < -0.39 is 0 Å². The van der Waals surface area contributed by atoms with Gasteiger partial charge in [0.1, 0.15) is 6.29 Å². The standard InChI is InChI=1S/C18H21NO2/c1-15-12-18(9-8-17(15)14-20)19(10-11-21-2)13-16-6-4-3-5-7-16/h3-9,12,14H,10-11,13H2,1-2H3. The number of carbonyl (C=O) groups excluding carboxylic acids is 1. The number of hydrogen-bond acceptors (Lipinski definition) is 3. The Morgan fingerprint density at radius 1 is 1.14 bits per heavy atom. The normalized spacial score (nSPS) is 10.4. The second kappa shape index (κ2) is 7.60. The number of aryl methyl sites for hydroxylation is 1. The minimum Gasteiger partial charge on any atom is -0.383 e. The minimum absolute atomic E-state index is 0.668. The molecule has 0 aliphatic heterocycles. The molecule has 0 fully saturated rings. The van der Waals surface area contributed by atoms with Gasteiger partial charge in [-0.1, -0.05) is 30.3 Å². The number of anilines is 1. The summed E-state index contributed by atoms with van der Waals surface area (Å²) in [4.78, 5) is 13.2. The summed E-state index contributed by atoms with van der Waals surface area (Å²) >= 11 is 0. The van der Waals surface area contributed by atoms with Crippen LogP contribution in [0.1, 0.15) is 21.5 Å². The van der Waals surface area contributed by atoms with Gasteiger partial charge in [-0.2, -0.15) is 0 Å². The minimum atomic E-state index is 0.668. The van der Waals surface area contributed by atoms with Crippen molar-refractivity contribution in [2.45, 2.75) is 13.5 Å². The number of aldehydes is 1. The lowest BCUT2D eigenvalue weighted by Gasteiger charge is -2.25. The monoisotopic (exact) mass is 283 g/mol. The van der Waals surface area contributed by atoms with Gasteiger partial charge in [0.25, 0.3) is 0 Å². The molecule has 0 amide bonds. The van der Waals surface area contributed by atoms with E-state index in [4.69, 9.17) is 4.74 Å². The van der Waals surface area contributed by atoms with Crippen LogP contribution in [0.5, 0.6) is 0 Å². The molecule has 0 atom stereocenters. The second-order valence-corrected chi connectivity index (χ2v) is 5.06. The van der Waals surface area contributed by atoms with Gasteiger partial charge < -0.3 is 9.64 Å². The van der Waals surface area contributed by atoms with Crippen LogP contribution < -0.4 is 4.90 Å². The Morgan fingerprint density at radius 2 is 1.90 bits per heavy atom. The van der Waals surface area contributed by atoms with Crippen molar-refractivity contribution in [1.82, 2.24) is 0 Å². The van der Waals surface area contributed by atoms with Crippen LogP contribution in [0.25, 0.3) is 0 Å². The fourth-order valence-electron chi connectivity index (χ4n) is 2.29. The SMILES string of the molecule is COCCN(Cc1ccccc1)c1ccc(C=O)c(C)c1. The molecule has 3 nitrogen and oxygen atoms in total. The molecule has 110 valence electrons. The quantitative estimate of drug-likeness (QED) is 0.729. The van der Waals surface area contributed by atoms with Crippen LogP contribution >= 0.6 is 0 Å². The molecule has 0 saturated carbocycles. The highest BCUT2D eigenvalue weighted by Gasteiger charge is 2.09. The summed E-state index contributed by atoms with van der Waals surface area (Å²) in [6, 6.07) is 16.3. The number of hydrogen-bond donors (Lipinski definition) is 0. The van der Waals surface area contributed by atoms with E-state index in [1.165, 1.54) is 5.56 Å². The smallest absolute Gasteiger partial charge is 0.150 e. The average molecular weight is 283 g/mol. The fraction of sp³-hybridized carbons (Fsp3) is 0.278. The third-order valence-electron chi connectivity index (χ3n) is 3.53. The van der Waals surface area contributed by atoms with Crippen molar-refractivity contribution in [2.75, 3.05) is 25.2 Å². The number of benzene rings is 2. The zero-order valence-electron chi connectivity index (χ0n) is 12.6. The summed E-state index contributed by atoms with van der Waals surface area (Å²) in [5, 5.41) is 0. The zero-order chi connectivity index (χ0) is 15.1. The molecule has 0 heterocycles. The molecule has 0 spiro atoms. The van der Waals surface area contributed by atoms with E-state index in [1.54, 1.807) is 7.11 Å². The predicted octanol–water partition coefficient (Wildman–Crippen LogP) is 3.46. The van der Waals surface area contributed by atoms with E-state index in [0.29, 0.717) is 6.61 Å². The lowest BCUT2D eigenvalue weighted by atomic mass is 10.1. The topological polar surface area (TPSA) is 29.5 Å². The molecule has 0 radical (unpaired) electrons. The Balaban J connectivity index is 2.22. The molecule has 0 N–H and O–H groups in total. The van der Waals surface area contributed by atoms with Crippen molar-refractivity contribution in [2.24, 2.45) is 0 Å². The fourth-order valence-corrected chi connectivity index (χ4v) is 2.29. The van der Waals surface area contributed by atoms with E-state index in [9.17, 15) is 4.79 Å². The van der Waals surface area contributed by atoms with Gasteiger partial charge in [-0.3, -0.25) is 4.79 Å². The molecule has 21 heavy (non-hydrogen) atoms. The summed E-state index contributed by atoms with van der Waals surface area (Å²) in [5.74, 6) is 0. The van der Waals surface area contributed by atoms with E-state index in [1.807, 2.05) is 37.3 Å². The highest BCUT2D eigenvalue weighted by atomic mass is 16.5. The first-order valence-electron chi connectivity index (χ1n) is 7.08. The molecular formula is C18H21NO2. The molecule has 0 unspecified atom stereocenters. The highest BCUT2D eigenvalue weighted by molar-refractivity contribution is 5.78. The van der Waals surface area contributed by atoms with Crippen molar-refractivity contribution < 1.29 is 9.53 Å². The van der Waals surface area contributed by atoms with E-state index in [0.717, 1.165) is 36.2 Å². The molecule has 0 aliphatic rings. The maximum Gasteiger partial charge on any atom is 0.150 e. The molecule has 2 aromatic carbocycles. The third kappa shape index (κ3) is 4.17. The van der Waals surface area contributed by atoms with Crippen LogP contribution in [0.15, 0.2) is 48.5 Å². The Bertz CT molecular complexity index is 581. The number of nitrogens with zero attached hydrogens (tertiary/aromatic N) is 1. The Kier molecular flexibility index (Phi) is 5.52. The summed E-state index contributed by atoms with van der Waals surface area (Å²) in [6.45, 7) is 4.26. The summed E-state index contributed by atoms with van der Waals surface area (Å²) < 4.78 is 5.21. The Hall–Kier alpha value is -2.13. The molecule has 2 rings (SSSR count). The average Bonchev–Trinajstić information content (AvgIpc) is 2.52. The van der Waals surface area contributed by atoms with Crippen molar-refractivity contribution in [3.05, 3.63) is 65.2 Å². The van der Waals surface area contributed by atoms with Gasteiger partial charge in [0, 0.05) is 31.5 Å². The Labute approximate surface area is 126 Å². The predicted molar refractivity (Wildman–Crippen MR) is 85.9 cm³/mol. The highest BCUT2D eigenvalue weighted by Crippen LogP contribution is 2.20. The van der Waals surface area contributed by atoms with Crippen LogP contribution in [0.4, 0.5) is 5.69 Å². The van der Waals surface area contributed by atoms with Crippen molar-refractivity contribution in [1.29, 1.82) is 0 Å². The molecule has 0 aliphatic carbocycles. The molecular weight excluding hydrogens is 262 g/mol. The van der Waals surface area contributed by atoms with E-state index >= 15 is 0 Å². The maximum atomic E-state index is 10.9. The first kappa shape index (κ1) is 15.3. The first-order chi connectivity index (χ1) is 10.2. The van der Waals surface area contributed by atoms with Crippen LogP contribution in [-0.4, -0.2) is 26.5 Å². The lowest BCUT2D eigenvalue weighted by molar-refractivity contribution is 0.112. The van der Waals surface area contributed by atoms with Gasteiger partial charge in [0.15, 0.2) is 0 Å². The molecule has 0 aromatic heterocycles. The van der Waals surface area contributed by atoms with Gasteiger partial charge in [0.2, 0.25) is 0 Å². The largest absolute Gasteiger partial charge is 0.383 e. The number of rotatable bonds is 7. The molecule has 2 aromatic rings.